The summed E-state index contributed by atoms with van der Waals surface area (Å²) in [6.07, 6.45) is 1.75. The Labute approximate surface area is 109 Å². The summed E-state index contributed by atoms with van der Waals surface area (Å²) in [5.74, 6) is 0.319. The van der Waals surface area contributed by atoms with Crippen molar-refractivity contribution >= 4 is 17.3 Å². The van der Waals surface area contributed by atoms with Gasteiger partial charge in [0.15, 0.2) is 0 Å². The number of nitro groups is 1. The lowest BCUT2D eigenvalue weighted by Gasteiger charge is -2.07. The topological polar surface area (TPSA) is 61.0 Å². The molecule has 0 saturated heterocycles. The number of nitrogens with zero attached hydrogens (tertiary/aromatic N) is 3. The molecule has 18 heavy (non-hydrogen) atoms. The highest BCUT2D eigenvalue weighted by atomic mass is 35.5. The van der Waals surface area contributed by atoms with Crippen LogP contribution in [0.2, 0.25) is 0 Å². The lowest BCUT2D eigenvalue weighted by atomic mass is 10.1. The van der Waals surface area contributed by atoms with E-state index in [0.717, 1.165) is 11.3 Å². The maximum atomic E-state index is 10.9. The van der Waals surface area contributed by atoms with Crippen molar-refractivity contribution in [3.05, 3.63) is 51.3 Å². The molecule has 0 bridgehead atoms. The number of hydrogen-bond acceptors (Lipinski definition) is 3. The van der Waals surface area contributed by atoms with Gasteiger partial charge in [-0.25, -0.2) is 4.68 Å². The molecule has 6 heteroatoms. The lowest BCUT2D eigenvalue weighted by Crippen LogP contribution is -2.01. The predicted octanol–water partition coefficient (Wildman–Crippen LogP) is 3.14. The van der Waals surface area contributed by atoms with Gasteiger partial charge in [-0.3, -0.25) is 10.1 Å². The number of halogens is 1. The van der Waals surface area contributed by atoms with Crippen molar-refractivity contribution < 1.29 is 4.92 Å². The Kier molecular flexibility index (Phi) is 3.34. The second kappa shape index (κ2) is 4.78. The van der Waals surface area contributed by atoms with E-state index in [1.807, 2.05) is 6.92 Å². The molecule has 0 aliphatic heterocycles. The van der Waals surface area contributed by atoms with Crippen LogP contribution in [-0.4, -0.2) is 14.7 Å². The number of benzene rings is 1. The number of nitro benzene ring substituents is 1. The quantitative estimate of drug-likeness (QED) is 0.487. The Morgan fingerprint density at radius 1 is 1.39 bits per heavy atom. The van der Waals surface area contributed by atoms with E-state index in [4.69, 9.17) is 11.6 Å². The Morgan fingerprint density at radius 3 is 2.67 bits per heavy atom. The van der Waals surface area contributed by atoms with E-state index in [1.165, 1.54) is 6.07 Å². The molecule has 2 aromatic rings. The van der Waals surface area contributed by atoms with Crippen molar-refractivity contribution in [2.75, 3.05) is 0 Å². The molecule has 1 aromatic heterocycles. The van der Waals surface area contributed by atoms with Gasteiger partial charge < -0.3 is 0 Å². The largest absolute Gasteiger partial charge is 0.274 e. The van der Waals surface area contributed by atoms with Crippen LogP contribution in [0.25, 0.3) is 5.69 Å². The van der Waals surface area contributed by atoms with Gasteiger partial charge in [0.25, 0.3) is 5.69 Å². The van der Waals surface area contributed by atoms with Crippen molar-refractivity contribution in [1.82, 2.24) is 9.78 Å². The molecule has 0 aliphatic carbocycles. The van der Waals surface area contributed by atoms with Crippen molar-refractivity contribution in [1.29, 1.82) is 0 Å². The van der Waals surface area contributed by atoms with E-state index in [9.17, 15) is 10.1 Å². The van der Waals surface area contributed by atoms with E-state index < -0.39 is 0 Å². The molecule has 0 amide bonds. The number of hydrogen-bond donors (Lipinski definition) is 0. The second-order valence-corrected chi connectivity index (χ2v) is 4.33. The van der Waals surface area contributed by atoms with Crippen LogP contribution < -0.4 is 0 Å². The molecule has 0 atom stereocenters. The van der Waals surface area contributed by atoms with E-state index in [2.05, 4.69) is 5.10 Å². The zero-order valence-electron chi connectivity index (χ0n) is 10.1. The number of alkyl halides is 1. The summed E-state index contributed by atoms with van der Waals surface area (Å²) in [7, 11) is 0. The van der Waals surface area contributed by atoms with Crippen LogP contribution in [-0.2, 0) is 5.88 Å². The first-order valence-electron chi connectivity index (χ1n) is 5.39. The molecule has 2 rings (SSSR count). The van der Waals surface area contributed by atoms with Crippen LogP contribution in [0.4, 0.5) is 5.69 Å². The average molecular weight is 266 g/mol. The lowest BCUT2D eigenvalue weighted by molar-refractivity contribution is -0.385. The van der Waals surface area contributed by atoms with Gasteiger partial charge >= 0.3 is 0 Å². The molecule has 0 radical (unpaired) electrons. The van der Waals surface area contributed by atoms with Crippen LogP contribution in [0.3, 0.4) is 0 Å². The third-order valence-electron chi connectivity index (χ3n) is 2.74. The fourth-order valence-corrected chi connectivity index (χ4v) is 1.98. The maximum absolute atomic E-state index is 10.9. The van der Waals surface area contributed by atoms with Crippen LogP contribution in [0.5, 0.6) is 0 Å². The van der Waals surface area contributed by atoms with Crippen LogP contribution in [0, 0.1) is 24.0 Å². The Morgan fingerprint density at radius 2 is 2.11 bits per heavy atom. The van der Waals surface area contributed by atoms with Crippen LogP contribution in [0.15, 0.2) is 24.4 Å². The normalized spacial score (nSPS) is 10.6. The highest BCUT2D eigenvalue weighted by Crippen LogP contribution is 2.25. The van der Waals surface area contributed by atoms with Crippen LogP contribution >= 0.6 is 11.6 Å². The summed E-state index contributed by atoms with van der Waals surface area (Å²) >= 11 is 5.69. The first-order chi connectivity index (χ1) is 8.52. The summed E-state index contributed by atoms with van der Waals surface area (Å²) in [4.78, 5) is 10.5. The molecule has 0 saturated carbocycles. The Hall–Kier alpha value is -1.88. The highest BCUT2D eigenvalue weighted by molar-refractivity contribution is 6.16. The van der Waals surface area contributed by atoms with Crippen LogP contribution in [0.1, 0.15) is 16.8 Å². The molecule has 0 aliphatic rings. The zero-order chi connectivity index (χ0) is 13.3. The molecular weight excluding hydrogens is 254 g/mol. The number of aromatic nitrogens is 2. The summed E-state index contributed by atoms with van der Waals surface area (Å²) in [6.45, 7) is 3.62. The van der Waals surface area contributed by atoms with Gasteiger partial charge in [0.2, 0.25) is 0 Å². The minimum absolute atomic E-state index is 0.0959. The summed E-state index contributed by atoms with van der Waals surface area (Å²) in [6, 6.07) is 5.11. The van der Waals surface area contributed by atoms with Gasteiger partial charge in [-0.2, -0.15) is 5.10 Å². The summed E-state index contributed by atoms with van der Waals surface area (Å²) < 4.78 is 1.61. The molecule has 0 unspecified atom stereocenters. The fourth-order valence-electron chi connectivity index (χ4n) is 1.84. The molecule has 1 aromatic carbocycles. The average Bonchev–Trinajstić information content (AvgIpc) is 2.77. The van der Waals surface area contributed by atoms with E-state index in [0.29, 0.717) is 17.1 Å². The minimum atomic E-state index is -0.385. The summed E-state index contributed by atoms with van der Waals surface area (Å²) in [5, 5.41) is 15.2. The second-order valence-electron chi connectivity index (χ2n) is 4.07. The fraction of sp³-hybridized carbons (Fsp3) is 0.250. The summed E-state index contributed by atoms with van der Waals surface area (Å²) in [5.41, 5.74) is 3.11. The third-order valence-corrected chi connectivity index (χ3v) is 3.01. The van der Waals surface area contributed by atoms with Crippen molar-refractivity contribution in [2.45, 2.75) is 19.7 Å². The SMILES string of the molecule is Cc1cc(C)c([N+](=O)[O-])cc1-n1ccc(CCl)n1. The van der Waals surface area contributed by atoms with E-state index >= 15 is 0 Å². The Bertz CT molecular complexity index is 607. The van der Waals surface area contributed by atoms with E-state index in [-0.39, 0.29) is 10.6 Å². The van der Waals surface area contributed by atoms with Gasteiger partial charge in [-0.05, 0) is 31.5 Å². The van der Waals surface area contributed by atoms with Gasteiger partial charge in [0, 0.05) is 17.8 Å². The third kappa shape index (κ3) is 2.22. The molecule has 1 heterocycles. The standard InChI is InChI=1S/C12H12ClN3O2/c1-8-5-9(2)12(16(17)18)6-11(8)15-4-3-10(7-13)14-15/h3-6H,7H2,1-2H3. The first-order valence-corrected chi connectivity index (χ1v) is 5.93. The smallest absolute Gasteiger partial charge is 0.258 e. The number of aryl methyl sites for hydroxylation is 2. The van der Waals surface area contributed by atoms with Crippen molar-refractivity contribution in [3.63, 3.8) is 0 Å². The highest BCUT2D eigenvalue weighted by Gasteiger charge is 2.15. The molecular formula is C12H12ClN3O2. The van der Waals surface area contributed by atoms with E-state index in [1.54, 1.807) is 29.9 Å². The number of rotatable bonds is 3. The molecule has 5 nitrogen and oxygen atoms in total. The maximum Gasteiger partial charge on any atom is 0.274 e. The first kappa shape index (κ1) is 12.6. The van der Waals surface area contributed by atoms with Gasteiger partial charge in [0.05, 0.1) is 22.2 Å². The van der Waals surface area contributed by atoms with Gasteiger partial charge in [-0.15, -0.1) is 11.6 Å². The predicted molar refractivity (Wildman–Crippen MR) is 69.2 cm³/mol. The van der Waals surface area contributed by atoms with Gasteiger partial charge in [-0.1, -0.05) is 0 Å². The monoisotopic (exact) mass is 265 g/mol. The van der Waals surface area contributed by atoms with Crippen molar-refractivity contribution in [2.24, 2.45) is 0 Å². The minimum Gasteiger partial charge on any atom is -0.258 e. The van der Waals surface area contributed by atoms with Crippen molar-refractivity contribution in [3.8, 4) is 5.69 Å². The molecule has 94 valence electrons. The Balaban J connectivity index is 2.56. The molecule has 0 spiro atoms. The molecule has 0 N–H and O–H groups in total. The molecule has 0 fully saturated rings. The van der Waals surface area contributed by atoms with Gasteiger partial charge in [0.1, 0.15) is 0 Å². The zero-order valence-corrected chi connectivity index (χ0v) is 10.8.